The van der Waals surface area contributed by atoms with Crippen LogP contribution in [0.1, 0.15) is 43.2 Å². The predicted octanol–water partition coefficient (Wildman–Crippen LogP) is 2.55. The van der Waals surface area contributed by atoms with Gasteiger partial charge in [0.25, 0.3) is 0 Å². The zero-order chi connectivity index (χ0) is 15.6. The number of hydrogen-bond donors (Lipinski definition) is 1. The summed E-state index contributed by atoms with van der Waals surface area (Å²) in [5.41, 5.74) is 6.18. The maximum atomic E-state index is 13.9. The third-order valence-corrected chi connectivity index (χ3v) is 6.37. The minimum Gasteiger partial charge on any atom is -0.326 e. The summed E-state index contributed by atoms with van der Waals surface area (Å²) in [6.07, 6.45) is 4.98. The van der Waals surface area contributed by atoms with Crippen LogP contribution >= 0.6 is 0 Å². The van der Waals surface area contributed by atoms with Crippen molar-refractivity contribution >= 4 is 10.0 Å². The van der Waals surface area contributed by atoms with Crippen LogP contribution in [0.2, 0.25) is 0 Å². The number of hydrogen-bond acceptors (Lipinski definition) is 3. The molecule has 1 aliphatic carbocycles. The SMILES string of the molecule is Cc1c(F)cc(CN)cc1S(=O)(=O)N(C)C1CCCCC1. The first-order valence-corrected chi connectivity index (χ1v) is 8.79. The smallest absolute Gasteiger partial charge is 0.243 e. The number of halogens is 1. The molecule has 21 heavy (non-hydrogen) atoms. The molecule has 0 aromatic heterocycles. The van der Waals surface area contributed by atoms with Gasteiger partial charge in [0.2, 0.25) is 10.0 Å². The minimum absolute atomic E-state index is 0.00717. The van der Waals surface area contributed by atoms with Crippen molar-refractivity contribution in [3.8, 4) is 0 Å². The highest BCUT2D eigenvalue weighted by Gasteiger charge is 2.31. The first-order valence-electron chi connectivity index (χ1n) is 7.35. The van der Waals surface area contributed by atoms with Crippen molar-refractivity contribution in [2.75, 3.05) is 7.05 Å². The highest BCUT2D eigenvalue weighted by molar-refractivity contribution is 7.89. The van der Waals surface area contributed by atoms with Crippen LogP contribution in [-0.2, 0) is 16.6 Å². The molecule has 0 heterocycles. The summed E-state index contributed by atoms with van der Waals surface area (Å²) in [5.74, 6) is -0.520. The van der Waals surface area contributed by atoms with Gasteiger partial charge in [-0.05, 0) is 37.5 Å². The van der Waals surface area contributed by atoms with Gasteiger partial charge in [-0.3, -0.25) is 0 Å². The molecule has 0 unspecified atom stereocenters. The Morgan fingerprint density at radius 3 is 2.48 bits per heavy atom. The molecular weight excluding hydrogens is 291 g/mol. The lowest BCUT2D eigenvalue weighted by Crippen LogP contribution is -2.38. The molecule has 4 nitrogen and oxygen atoms in total. The molecular formula is C15H23FN2O2S. The molecule has 0 atom stereocenters. The fraction of sp³-hybridized carbons (Fsp3) is 0.600. The molecule has 0 amide bonds. The van der Waals surface area contributed by atoms with Gasteiger partial charge in [-0.1, -0.05) is 19.3 Å². The van der Waals surface area contributed by atoms with Gasteiger partial charge in [0.15, 0.2) is 0 Å². The van der Waals surface area contributed by atoms with E-state index in [1.54, 1.807) is 7.05 Å². The second kappa shape index (κ2) is 6.42. The Balaban J connectivity index is 2.40. The Morgan fingerprint density at radius 2 is 1.90 bits per heavy atom. The van der Waals surface area contributed by atoms with Crippen molar-refractivity contribution in [2.45, 2.75) is 56.5 Å². The lowest BCUT2D eigenvalue weighted by molar-refractivity contribution is 0.285. The largest absolute Gasteiger partial charge is 0.326 e. The Kier molecular flexibility index (Phi) is 5.01. The van der Waals surface area contributed by atoms with Crippen LogP contribution in [-0.4, -0.2) is 25.8 Å². The van der Waals surface area contributed by atoms with Gasteiger partial charge in [-0.25, -0.2) is 12.8 Å². The fourth-order valence-corrected chi connectivity index (χ4v) is 4.59. The van der Waals surface area contributed by atoms with Gasteiger partial charge in [0, 0.05) is 25.2 Å². The molecule has 0 aliphatic heterocycles. The fourth-order valence-electron chi connectivity index (χ4n) is 2.89. The summed E-state index contributed by atoms with van der Waals surface area (Å²) in [5, 5.41) is 0. The Labute approximate surface area is 126 Å². The van der Waals surface area contributed by atoms with E-state index in [-0.39, 0.29) is 23.0 Å². The minimum atomic E-state index is -3.69. The van der Waals surface area contributed by atoms with Gasteiger partial charge in [0.1, 0.15) is 5.82 Å². The van der Waals surface area contributed by atoms with Crippen molar-refractivity contribution < 1.29 is 12.8 Å². The third kappa shape index (κ3) is 3.27. The van der Waals surface area contributed by atoms with E-state index in [9.17, 15) is 12.8 Å². The van der Waals surface area contributed by atoms with E-state index >= 15 is 0 Å². The maximum absolute atomic E-state index is 13.9. The van der Waals surface area contributed by atoms with E-state index in [2.05, 4.69) is 0 Å². The van der Waals surface area contributed by atoms with E-state index in [0.717, 1.165) is 32.1 Å². The van der Waals surface area contributed by atoms with Crippen LogP contribution in [0.15, 0.2) is 17.0 Å². The summed E-state index contributed by atoms with van der Waals surface area (Å²) >= 11 is 0. The van der Waals surface area contributed by atoms with Gasteiger partial charge in [-0.2, -0.15) is 4.31 Å². The van der Waals surface area contributed by atoms with Crippen LogP contribution in [0.25, 0.3) is 0 Å². The molecule has 1 saturated carbocycles. The number of nitrogens with zero attached hydrogens (tertiary/aromatic N) is 1. The van der Waals surface area contributed by atoms with Crippen molar-refractivity contribution in [1.82, 2.24) is 4.31 Å². The van der Waals surface area contributed by atoms with Crippen molar-refractivity contribution in [2.24, 2.45) is 5.73 Å². The molecule has 1 aliphatic rings. The molecule has 0 bridgehead atoms. The van der Waals surface area contributed by atoms with Crippen LogP contribution in [0, 0.1) is 12.7 Å². The van der Waals surface area contributed by atoms with Crippen LogP contribution in [0.5, 0.6) is 0 Å². The van der Waals surface area contributed by atoms with E-state index in [4.69, 9.17) is 5.73 Å². The summed E-state index contributed by atoms with van der Waals surface area (Å²) in [6, 6.07) is 2.80. The number of benzene rings is 1. The van der Waals surface area contributed by atoms with E-state index in [1.807, 2.05) is 0 Å². The molecule has 2 rings (SSSR count). The van der Waals surface area contributed by atoms with E-state index < -0.39 is 15.8 Å². The molecule has 1 aromatic rings. The molecule has 0 radical (unpaired) electrons. The summed E-state index contributed by atoms with van der Waals surface area (Å²) in [6.45, 7) is 1.62. The standard InChI is InChI=1S/C15H23FN2O2S/c1-11-14(16)8-12(10-17)9-15(11)21(19,20)18(2)13-6-4-3-5-7-13/h8-9,13H,3-7,10,17H2,1-2H3. The second-order valence-corrected chi connectivity index (χ2v) is 7.68. The van der Waals surface area contributed by atoms with Gasteiger partial charge >= 0.3 is 0 Å². The van der Waals surface area contributed by atoms with Gasteiger partial charge in [0.05, 0.1) is 4.90 Å². The molecule has 118 valence electrons. The molecule has 2 N–H and O–H groups in total. The molecule has 1 aromatic carbocycles. The predicted molar refractivity (Wildman–Crippen MR) is 80.9 cm³/mol. The number of nitrogens with two attached hydrogens (primary N) is 1. The number of rotatable bonds is 4. The summed E-state index contributed by atoms with van der Waals surface area (Å²) in [4.78, 5) is 0.0380. The van der Waals surface area contributed by atoms with Crippen molar-refractivity contribution in [1.29, 1.82) is 0 Å². The lowest BCUT2D eigenvalue weighted by Gasteiger charge is -2.31. The summed E-state index contributed by atoms with van der Waals surface area (Å²) < 4.78 is 40.9. The van der Waals surface area contributed by atoms with Crippen molar-refractivity contribution in [3.63, 3.8) is 0 Å². The molecule has 0 spiro atoms. The molecule has 0 saturated heterocycles. The Bertz CT molecular complexity index is 610. The average Bonchev–Trinajstić information content (AvgIpc) is 2.49. The van der Waals surface area contributed by atoms with Crippen LogP contribution in [0.3, 0.4) is 0 Å². The second-order valence-electron chi connectivity index (χ2n) is 5.72. The first-order chi connectivity index (χ1) is 9.87. The van der Waals surface area contributed by atoms with E-state index in [1.165, 1.54) is 23.4 Å². The average molecular weight is 314 g/mol. The quantitative estimate of drug-likeness (QED) is 0.929. The molecule has 6 heteroatoms. The zero-order valence-corrected chi connectivity index (χ0v) is 13.4. The molecule has 1 fully saturated rings. The zero-order valence-electron chi connectivity index (χ0n) is 12.6. The van der Waals surface area contributed by atoms with E-state index in [0.29, 0.717) is 5.56 Å². The Morgan fingerprint density at radius 1 is 1.29 bits per heavy atom. The topological polar surface area (TPSA) is 63.4 Å². The maximum Gasteiger partial charge on any atom is 0.243 e. The number of sulfonamides is 1. The van der Waals surface area contributed by atoms with Crippen LogP contribution in [0.4, 0.5) is 4.39 Å². The Hall–Kier alpha value is -0.980. The van der Waals surface area contributed by atoms with Crippen molar-refractivity contribution in [3.05, 3.63) is 29.1 Å². The first kappa shape index (κ1) is 16.4. The monoisotopic (exact) mass is 314 g/mol. The van der Waals surface area contributed by atoms with Gasteiger partial charge < -0.3 is 5.73 Å². The normalized spacial score (nSPS) is 17.4. The third-order valence-electron chi connectivity index (χ3n) is 4.34. The van der Waals surface area contributed by atoms with Crippen LogP contribution < -0.4 is 5.73 Å². The highest BCUT2D eigenvalue weighted by Crippen LogP contribution is 2.29. The summed E-state index contributed by atoms with van der Waals surface area (Å²) in [7, 11) is -2.09. The lowest BCUT2D eigenvalue weighted by atomic mass is 9.96. The highest BCUT2D eigenvalue weighted by atomic mass is 32.2. The van der Waals surface area contributed by atoms with Gasteiger partial charge in [-0.15, -0.1) is 0 Å².